The standard InChI is InChI=1S/C14H20ClNO2/c1-18-11-6-4-5-10(15)12(11)13(17)14(9-16)7-2-3-8-14/h4-6,13,17H,2-3,7-9,16H2,1H3. The van der Waals surface area contributed by atoms with Crippen molar-refractivity contribution in [2.24, 2.45) is 11.1 Å². The van der Waals surface area contributed by atoms with Gasteiger partial charge in [-0.05, 0) is 25.0 Å². The molecule has 1 aliphatic rings. The molecule has 0 aromatic heterocycles. The molecule has 1 aliphatic carbocycles. The molecule has 2 rings (SSSR count). The largest absolute Gasteiger partial charge is 0.496 e. The molecule has 3 nitrogen and oxygen atoms in total. The van der Waals surface area contributed by atoms with Crippen LogP contribution in [0.2, 0.25) is 5.02 Å². The van der Waals surface area contributed by atoms with Crippen LogP contribution in [-0.2, 0) is 0 Å². The molecule has 3 N–H and O–H groups in total. The van der Waals surface area contributed by atoms with E-state index in [0.717, 1.165) is 25.7 Å². The summed E-state index contributed by atoms with van der Waals surface area (Å²) in [5.41, 5.74) is 6.33. The van der Waals surface area contributed by atoms with Crippen molar-refractivity contribution in [2.75, 3.05) is 13.7 Å². The van der Waals surface area contributed by atoms with Crippen molar-refractivity contribution >= 4 is 11.6 Å². The highest BCUT2D eigenvalue weighted by Gasteiger charge is 2.42. The van der Waals surface area contributed by atoms with Gasteiger partial charge in [-0.25, -0.2) is 0 Å². The highest BCUT2D eigenvalue weighted by molar-refractivity contribution is 6.31. The molecule has 1 saturated carbocycles. The minimum absolute atomic E-state index is 0.252. The molecule has 0 radical (unpaired) electrons. The third-order valence-corrected chi connectivity index (χ3v) is 4.42. The van der Waals surface area contributed by atoms with Crippen LogP contribution in [0, 0.1) is 5.41 Å². The number of aliphatic hydroxyl groups excluding tert-OH is 1. The topological polar surface area (TPSA) is 55.5 Å². The highest BCUT2D eigenvalue weighted by atomic mass is 35.5. The second-order valence-corrected chi connectivity index (χ2v) is 5.44. The first-order valence-corrected chi connectivity index (χ1v) is 6.73. The zero-order chi connectivity index (χ0) is 13.2. The lowest BCUT2D eigenvalue weighted by Crippen LogP contribution is -2.34. The quantitative estimate of drug-likeness (QED) is 0.884. The lowest BCUT2D eigenvalue weighted by atomic mass is 9.77. The highest BCUT2D eigenvalue weighted by Crippen LogP contribution is 2.50. The number of aliphatic hydroxyl groups is 1. The van der Waals surface area contributed by atoms with Gasteiger partial charge in [-0.15, -0.1) is 0 Å². The Kier molecular flexibility index (Phi) is 4.15. The van der Waals surface area contributed by atoms with E-state index in [4.69, 9.17) is 22.1 Å². The summed E-state index contributed by atoms with van der Waals surface area (Å²) in [4.78, 5) is 0. The van der Waals surface area contributed by atoms with E-state index in [9.17, 15) is 5.11 Å². The van der Waals surface area contributed by atoms with Crippen molar-refractivity contribution in [1.29, 1.82) is 0 Å². The van der Waals surface area contributed by atoms with E-state index in [0.29, 0.717) is 22.9 Å². The van der Waals surface area contributed by atoms with Crippen molar-refractivity contribution in [3.05, 3.63) is 28.8 Å². The molecule has 1 aromatic carbocycles. The average molecular weight is 270 g/mol. The number of nitrogens with two attached hydrogens (primary N) is 1. The van der Waals surface area contributed by atoms with Crippen molar-refractivity contribution in [2.45, 2.75) is 31.8 Å². The lowest BCUT2D eigenvalue weighted by Gasteiger charge is -2.34. The molecule has 1 unspecified atom stereocenters. The van der Waals surface area contributed by atoms with Gasteiger partial charge in [0.2, 0.25) is 0 Å². The van der Waals surface area contributed by atoms with E-state index in [1.54, 1.807) is 13.2 Å². The molecular weight excluding hydrogens is 250 g/mol. The lowest BCUT2D eigenvalue weighted by molar-refractivity contribution is 0.0316. The maximum Gasteiger partial charge on any atom is 0.126 e. The Balaban J connectivity index is 2.41. The molecule has 0 amide bonds. The molecule has 0 bridgehead atoms. The Morgan fingerprint density at radius 3 is 2.67 bits per heavy atom. The predicted octanol–water partition coefficient (Wildman–Crippen LogP) is 2.90. The van der Waals surface area contributed by atoms with Crippen molar-refractivity contribution in [3.8, 4) is 5.75 Å². The van der Waals surface area contributed by atoms with E-state index >= 15 is 0 Å². The van der Waals surface area contributed by atoms with Gasteiger partial charge < -0.3 is 15.6 Å². The first-order valence-electron chi connectivity index (χ1n) is 6.35. The van der Waals surface area contributed by atoms with Gasteiger partial charge >= 0.3 is 0 Å². The third kappa shape index (κ3) is 2.22. The molecule has 18 heavy (non-hydrogen) atoms. The van der Waals surface area contributed by atoms with Gasteiger partial charge in [-0.2, -0.15) is 0 Å². The zero-order valence-electron chi connectivity index (χ0n) is 10.7. The Morgan fingerprint density at radius 2 is 2.11 bits per heavy atom. The molecule has 4 heteroatoms. The van der Waals surface area contributed by atoms with Crippen LogP contribution in [0.4, 0.5) is 0 Å². The van der Waals surface area contributed by atoms with Gasteiger partial charge in [0.15, 0.2) is 0 Å². The average Bonchev–Trinajstić information content (AvgIpc) is 2.87. The minimum atomic E-state index is -0.659. The fourth-order valence-corrected chi connectivity index (χ4v) is 3.20. The molecule has 100 valence electrons. The summed E-state index contributed by atoms with van der Waals surface area (Å²) in [6, 6.07) is 5.42. The van der Waals surface area contributed by atoms with Gasteiger partial charge in [0.05, 0.1) is 18.2 Å². The van der Waals surface area contributed by atoms with E-state index in [1.807, 2.05) is 12.1 Å². The number of methoxy groups -OCH3 is 1. The van der Waals surface area contributed by atoms with Gasteiger partial charge in [0, 0.05) is 17.5 Å². The normalized spacial score (nSPS) is 19.8. The second-order valence-electron chi connectivity index (χ2n) is 5.03. The van der Waals surface area contributed by atoms with Gasteiger partial charge in [-0.3, -0.25) is 0 Å². The summed E-state index contributed by atoms with van der Waals surface area (Å²) < 4.78 is 5.31. The number of rotatable bonds is 4. The maximum absolute atomic E-state index is 10.7. The molecule has 1 atom stereocenters. The molecule has 0 saturated heterocycles. The molecular formula is C14H20ClNO2. The molecule has 0 spiro atoms. The maximum atomic E-state index is 10.7. The van der Waals surface area contributed by atoms with Crippen LogP contribution in [0.1, 0.15) is 37.4 Å². The van der Waals surface area contributed by atoms with Gasteiger partial charge in [0.25, 0.3) is 0 Å². The van der Waals surface area contributed by atoms with Crippen LogP contribution in [-0.4, -0.2) is 18.8 Å². The number of benzene rings is 1. The first-order chi connectivity index (χ1) is 8.64. The molecule has 0 aliphatic heterocycles. The number of hydrogen-bond acceptors (Lipinski definition) is 3. The van der Waals surface area contributed by atoms with E-state index in [-0.39, 0.29) is 5.41 Å². The van der Waals surface area contributed by atoms with Crippen LogP contribution in [0.3, 0.4) is 0 Å². The monoisotopic (exact) mass is 269 g/mol. The van der Waals surface area contributed by atoms with Gasteiger partial charge in [0.1, 0.15) is 5.75 Å². The summed E-state index contributed by atoms with van der Waals surface area (Å²) in [6.45, 7) is 0.475. The van der Waals surface area contributed by atoms with E-state index in [1.165, 1.54) is 0 Å². The van der Waals surface area contributed by atoms with Crippen molar-refractivity contribution in [1.82, 2.24) is 0 Å². The zero-order valence-corrected chi connectivity index (χ0v) is 11.4. The molecule has 0 heterocycles. The minimum Gasteiger partial charge on any atom is -0.496 e. The number of ether oxygens (including phenoxy) is 1. The fourth-order valence-electron chi connectivity index (χ4n) is 2.94. The van der Waals surface area contributed by atoms with Crippen LogP contribution in [0.5, 0.6) is 5.75 Å². The Morgan fingerprint density at radius 1 is 1.44 bits per heavy atom. The van der Waals surface area contributed by atoms with Crippen molar-refractivity contribution < 1.29 is 9.84 Å². The summed E-state index contributed by atoms with van der Waals surface area (Å²) in [7, 11) is 1.59. The molecule has 1 fully saturated rings. The summed E-state index contributed by atoms with van der Waals surface area (Å²) in [5, 5.41) is 11.3. The van der Waals surface area contributed by atoms with Crippen molar-refractivity contribution in [3.63, 3.8) is 0 Å². The summed E-state index contributed by atoms with van der Waals surface area (Å²) >= 11 is 6.22. The third-order valence-electron chi connectivity index (χ3n) is 4.09. The molecule has 1 aromatic rings. The summed E-state index contributed by atoms with van der Waals surface area (Å²) in [6.07, 6.45) is 3.45. The Bertz CT molecular complexity index is 416. The predicted molar refractivity (Wildman–Crippen MR) is 72.9 cm³/mol. The fraction of sp³-hybridized carbons (Fsp3) is 0.571. The van der Waals surface area contributed by atoms with Crippen LogP contribution in [0.15, 0.2) is 18.2 Å². The van der Waals surface area contributed by atoms with Crippen LogP contribution >= 0.6 is 11.6 Å². The SMILES string of the molecule is COc1cccc(Cl)c1C(O)C1(CN)CCCC1. The first kappa shape index (κ1) is 13.7. The van der Waals surface area contributed by atoms with E-state index < -0.39 is 6.10 Å². The number of halogens is 1. The van der Waals surface area contributed by atoms with E-state index in [2.05, 4.69) is 0 Å². The Hall–Kier alpha value is -0.770. The number of hydrogen-bond donors (Lipinski definition) is 2. The van der Waals surface area contributed by atoms with Crippen LogP contribution < -0.4 is 10.5 Å². The summed E-state index contributed by atoms with van der Waals surface area (Å²) in [5.74, 6) is 0.634. The smallest absolute Gasteiger partial charge is 0.126 e. The van der Waals surface area contributed by atoms with Crippen LogP contribution in [0.25, 0.3) is 0 Å². The Labute approximate surface area is 113 Å². The second kappa shape index (κ2) is 5.47. The van der Waals surface area contributed by atoms with Gasteiger partial charge in [-0.1, -0.05) is 30.5 Å².